The predicted octanol–water partition coefficient (Wildman–Crippen LogP) is 2.80. The van der Waals surface area contributed by atoms with Crippen molar-refractivity contribution in [1.82, 2.24) is 15.1 Å². The third-order valence-electron chi connectivity index (χ3n) is 4.01. The number of nitrogens with zero attached hydrogens (tertiary/aromatic N) is 2. The fourth-order valence-corrected chi connectivity index (χ4v) is 2.85. The highest BCUT2D eigenvalue weighted by Gasteiger charge is 2.18. The summed E-state index contributed by atoms with van der Waals surface area (Å²) in [6.07, 6.45) is 4.75. The molecular weight excluding hydrogens is 255 g/mol. The first-order valence-electron chi connectivity index (χ1n) is 7.33. The number of likely N-dealkylation sites (tertiary alicyclic amines) is 1. The third-order valence-corrected chi connectivity index (χ3v) is 4.01. The maximum Gasteiger partial charge on any atom is 0.0906 e. The molecule has 3 rings (SSSR count). The van der Waals surface area contributed by atoms with Crippen molar-refractivity contribution < 1.29 is 4.39 Å². The first-order chi connectivity index (χ1) is 9.85. The van der Waals surface area contributed by atoms with Crippen LogP contribution >= 0.6 is 0 Å². The Balaban J connectivity index is 1.53. The van der Waals surface area contributed by atoms with Crippen LogP contribution in [0.15, 0.2) is 24.4 Å². The van der Waals surface area contributed by atoms with Crippen LogP contribution in [0.5, 0.6) is 0 Å². The van der Waals surface area contributed by atoms with Gasteiger partial charge in [0.1, 0.15) is 0 Å². The van der Waals surface area contributed by atoms with Gasteiger partial charge in [0.05, 0.1) is 18.4 Å². The van der Waals surface area contributed by atoms with Crippen LogP contribution in [-0.2, 0) is 0 Å². The van der Waals surface area contributed by atoms with Gasteiger partial charge in [0.15, 0.2) is 0 Å². The fraction of sp³-hybridized carbons (Fsp3) is 0.533. The van der Waals surface area contributed by atoms with E-state index in [1.54, 1.807) is 0 Å². The lowest BCUT2D eigenvalue weighted by molar-refractivity contribution is 0.210. The van der Waals surface area contributed by atoms with Crippen molar-refractivity contribution in [2.75, 3.05) is 31.6 Å². The predicted molar refractivity (Wildman–Crippen MR) is 79.8 cm³/mol. The van der Waals surface area contributed by atoms with E-state index >= 15 is 0 Å². The van der Waals surface area contributed by atoms with E-state index in [1.165, 1.54) is 0 Å². The second-order valence-electron chi connectivity index (χ2n) is 5.47. The van der Waals surface area contributed by atoms with Crippen molar-refractivity contribution in [2.24, 2.45) is 0 Å². The zero-order valence-electron chi connectivity index (χ0n) is 11.6. The number of benzene rings is 1. The van der Waals surface area contributed by atoms with Crippen molar-refractivity contribution in [1.29, 1.82) is 0 Å². The molecule has 2 heterocycles. The number of aromatic amines is 1. The number of piperidine rings is 1. The normalized spacial score (nSPS) is 17.6. The maximum atomic E-state index is 12.2. The summed E-state index contributed by atoms with van der Waals surface area (Å²) in [5.74, 6) is 0. The molecule has 0 unspecified atom stereocenters. The molecule has 4 nitrogen and oxygen atoms in total. The molecule has 0 bridgehead atoms. The van der Waals surface area contributed by atoms with Gasteiger partial charge in [-0.3, -0.25) is 9.49 Å². The highest BCUT2D eigenvalue weighted by atomic mass is 19.1. The first-order valence-corrected chi connectivity index (χ1v) is 7.33. The van der Waals surface area contributed by atoms with Gasteiger partial charge in [-0.15, -0.1) is 0 Å². The summed E-state index contributed by atoms with van der Waals surface area (Å²) in [5, 5.41) is 11.7. The van der Waals surface area contributed by atoms with Gasteiger partial charge in [-0.05, 0) is 37.5 Å². The van der Waals surface area contributed by atoms with Crippen molar-refractivity contribution >= 4 is 16.6 Å². The average molecular weight is 276 g/mol. The Morgan fingerprint density at radius 2 is 2.20 bits per heavy atom. The van der Waals surface area contributed by atoms with E-state index in [-0.39, 0.29) is 6.67 Å². The number of rotatable bonds is 5. The quantitative estimate of drug-likeness (QED) is 0.882. The number of hydrogen-bond acceptors (Lipinski definition) is 3. The van der Waals surface area contributed by atoms with Crippen LogP contribution in [0, 0.1) is 0 Å². The molecule has 1 fully saturated rings. The van der Waals surface area contributed by atoms with Crippen LogP contribution in [0.25, 0.3) is 10.9 Å². The molecule has 1 saturated heterocycles. The van der Waals surface area contributed by atoms with E-state index in [0.29, 0.717) is 12.5 Å². The Bertz CT molecular complexity index is 546. The zero-order chi connectivity index (χ0) is 13.8. The largest absolute Gasteiger partial charge is 0.382 e. The number of anilines is 1. The molecule has 0 aliphatic carbocycles. The second kappa shape index (κ2) is 6.22. The third kappa shape index (κ3) is 3.10. The second-order valence-corrected chi connectivity index (χ2v) is 5.47. The Kier molecular flexibility index (Phi) is 4.16. The Morgan fingerprint density at radius 3 is 3.00 bits per heavy atom. The van der Waals surface area contributed by atoms with Crippen molar-refractivity contribution in [3.63, 3.8) is 0 Å². The van der Waals surface area contributed by atoms with E-state index in [4.69, 9.17) is 0 Å². The summed E-state index contributed by atoms with van der Waals surface area (Å²) >= 11 is 0. The standard InChI is InChI=1S/C15H21FN4/c16-6-1-7-20-8-4-13(5-9-20)18-14-2-3-15-12(10-14)11-17-19-15/h2-3,10-11,13,18H,1,4-9H2,(H,17,19). The molecule has 2 aromatic rings. The van der Waals surface area contributed by atoms with Gasteiger partial charge in [-0.2, -0.15) is 5.10 Å². The minimum Gasteiger partial charge on any atom is -0.382 e. The first kappa shape index (κ1) is 13.4. The molecule has 5 heteroatoms. The molecular formula is C15H21FN4. The van der Waals surface area contributed by atoms with Gasteiger partial charge >= 0.3 is 0 Å². The van der Waals surface area contributed by atoms with E-state index in [0.717, 1.165) is 49.1 Å². The van der Waals surface area contributed by atoms with E-state index in [9.17, 15) is 4.39 Å². The van der Waals surface area contributed by atoms with Crippen LogP contribution in [0.2, 0.25) is 0 Å². The SMILES string of the molecule is FCCCN1CCC(Nc2ccc3[nH]ncc3c2)CC1. The van der Waals surface area contributed by atoms with Gasteiger partial charge in [0, 0.05) is 36.7 Å². The Hall–Kier alpha value is -1.62. The Labute approximate surface area is 118 Å². The molecule has 0 atom stereocenters. The highest BCUT2D eigenvalue weighted by Crippen LogP contribution is 2.20. The van der Waals surface area contributed by atoms with E-state index < -0.39 is 0 Å². The van der Waals surface area contributed by atoms with Crippen molar-refractivity contribution in [3.05, 3.63) is 24.4 Å². The molecule has 0 amide bonds. The Morgan fingerprint density at radius 1 is 1.35 bits per heavy atom. The van der Waals surface area contributed by atoms with Gasteiger partial charge < -0.3 is 10.2 Å². The van der Waals surface area contributed by atoms with Crippen LogP contribution < -0.4 is 5.32 Å². The lowest BCUT2D eigenvalue weighted by atomic mass is 10.0. The minimum atomic E-state index is -0.205. The number of halogens is 1. The minimum absolute atomic E-state index is 0.205. The van der Waals surface area contributed by atoms with Crippen LogP contribution in [0.4, 0.5) is 10.1 Å². The lowest BCUT2D eigenvalue weighted by Gasteiger charge is -2.32. The molecule has 2 N–H and O–H groups in total. The monoisotopic (exact) mass is 276 g/mol. The average Bonchev–Trinajstić information content (AvgIpc) is 2.94. The number of hydrogen-bond donors (Lipinski definition) is 2. The summed E-state index contributed by atoms with van der Waals surface area (Å²) in [7, 11) is 0. The lowest BCUT2D eigenvalue weighted by Crippen LogP contribution is -2.39. The molecule has 0 spiro atoms. The number of H-pyrrole nitrogens is 1. The smallest absolute Gasteiger partial charge is 0.0906 e. The van der Waals surface area contributed by atoms with E-state index in [2.05, 4.69) is 38.6 Å². The van der Waals surface area contributed by atoms with Crippen molar-refractivity contribution in [2.45, 2.75) is 25.3 Å². The van der Waals surface area contributed by atoms with Gasteiger partial charge in [-0.1, -0.05) is 0 Å². The van der Waals surface area contributed by atoms with Gasteiger partial charge in [0.2, 0.25) is 0 Å². The summed E-state index contributed by atoms with van der Waals surface area (Å²) in [4.78, 5) is 2.36. The van der Waals surface area contributed by atoms with Crippen molar-refractivity contribution in [3.8, 4) is 0 Å². The van der Waals surface area contributed by atoms with E-state index in [1.807, 2.05) is 6.20 Å². The number of fused-ring (bicyclic) bond motifs is 1. The summed E-state index contributed by atoms with van der Waals surface area (Å²) < 4.78 is 12.2. The van der Waals surface area contributed by atoms with Crippen LogP contribution in [0.1, 0.15) is 19.3 Å². The molecule has 0 radical (unpaired) electrons. The molecule has 108 valence electrons. The van der Waals surface area contributed by atoms with Crippen LogP contribution in [0.3, 0.4) is 0 Å². The highest BCUT2D eigenvalue weighted by molar-refractivity contribution is 5.81. The zero-order valence-corrected chi connectivity index (χ0v) is 11.6. The topological polar surface area (TPSA) is 44.0 Å². The molecule has 0 saturated carbocycles. The summed E-state index contributed by atoms with van der Waals surface area (Å²) in [5.41, 5.74) is 2.22. The molecule has 1 aliphatic heterocycles. The number of aromatic nitrogens is 2. The van der Waals surface area contributed by atoms with Gasteiger partial charge in [-0.25, -0.2) is 0 Å². The summed E-state index contributed by atoms with van der Waals surface area (Å²) in [6.45, 7) is 2.81. The fourth-order valence-electron chi connectivity index (χ4n) is 2.85. The van der Waals surface area contributed by atoms with Gasteiger partial charge in [0.25, 0.3) is 0 Å². The summed E-state index contributed by atoms with van der Waals surface area (Å²) in [6, 6.07) is 6.80. The molecule has 1 aromatic heterocycles. The maximum absolute atomic E-state index is 12.2. The number of nitrogens with one attached hydrogen (secondary N) is 2. The number of alkyl halides is 1. The molecule has 20 heavy (non-hydrogen) atoms. The molecule has 1 aliphatic rings. The van der Waals surface area contributed by atoms with Crippen LogP contribution in [-0.4, -0.2) is 47.4 Å². The molecule has 1 aromatic carbocycles.